The fourth-order valence-electron chi connectivity index (χ4n) is 1.53. The number of rotatable bonds is 6. The second-order valence-electron chi connectivity index (χ2n) is 3.97. The molecule has 0 aliphatic heterocycles. The van der Waals surface area contributed by atoms with Crippen LogP contribution in [0.4, 0.5) is 4.39 Å². The third kappa shape index (κ3) is 4.71. The van der Waals surface area contributed by atoms with Gasteiger partial charge in [0.15, 0.2) is 0 Å². The summed E-state index contributed by atoms with van der Waals surface area (Å²) in [4.78, 5) is 0. The molecule has 96 valence electrons. The maximum atomic E-state index is 13.0. The van der Waals surface area contributed by atoms with Gasteiger partial charge in [0.1, 0.15) is 5.82 Å². The Kier molecular flexibility index (Phi) is 6.05. The fraction of sp³-hybridized carbons (Fsp3) is 0.500. The van der Waals surface area contributed by atoms with Crippen LogP contribution in [0.5, 0.6) is 0 Å². The number of ether oxygens (including phenoxy) is 1. The highest BCUT2D eigenvalue weighted by Crippen LogP contribution is 2.24. The SMILES string of the molecule is COCCC(N)CC(O)c1ccc(F)c(Br)c1. The first-order chi connectivity index (χ1) is 8.04. The number of benzene rings is 1. The monoisotopic (exact) mass is 305 g/mol. The van der Waals surface area contributed by atoms with Crippen molar-refractivity contribution in [3.05, 3.63) is 34.1 Å². The van der Waals surface area contributed by atoms with Crippen molar-refractivity contribution < 1.29 is 14.2 Å². The molecule has 0 amide bonds. The Balaban J connectivity index is 2.57. The van der Waals surface area contributed by atoms with Gasteiger partial charge in [0.25, 0.3) is 0 Å². The minimum Gasteiger partial charge on any atom is -0.388 e. The minimum atomic E-state index is -0.682. The van der Waals surface area contributed by atoms with Gasteiger partial charge >= 0.3 is 0 Å². The third-order valence-corrected chi connectivity index (χ3v) is 3.15. The van der Waals surface area contributed by atoms with Crippen molar-refractivity contribution in [2.45, 2.75) is 25.0 Å². The molecular weight excluding hydrogens is 289 g/mol. The van der Waals surface area contributed by atoms with Crippen molar-refractivity contribution in [2.75, 3.05) is 13.7 Å². The van der Waals surface area contributed by atoms with Gasteiger partial charge in [0.2, 0.25) is 0 Å². The van der Waals surface area contributed by atoms with Gasteiger partial charge < -0.3 is 15.6 Å². The highest BCUT2D eigenvalue weighted by molar-refractivity contribution is 9.10. The first-order valence-electron chi connectivity index (χ1n) is 5.42. The van der Waals surface area contributed by atoms with Gasteiger partial charge in [-0.15, -0.1) is 0 Å². The number of aliphatic hydroxyl groups is 1. The van der Waals surface area contributed by atoms with Gasteiger partial charge in [0, 0.05) is 19.8 Å². The van der Waals surface area contributed by atoms with E-state index in [9.17, 15) is 9.50 Å². The number of halogens is 2. The van der Waals surface area contributed by atoms with E-state index in [1.807, 2.05) is 0 Å². The number of aliphatic hydroxyl groups excluding tert-OH is 1. The van der Waals surface area contributed by atoms with Crippen LogP contribution in [0.15, 0.2) is 22.7 Å². The quantitative estimate of drug-likeness (QED) is 0.848. The number of hydrogen-bond acceptors (Lipinski definition) is 3. The molecule has 0 aliphatic rings. The molecule has 0 saturated carbocycles. The summed E-state index contributed by atoms with van der Waals surface area (Å²) in [5, 5.41) is 9.94. The highest BCUT2D eigenvalue weighted by atomic mass is 79.9. The third-order valence-electron chi connectivity index (χ3n) is 2.55. The van der Waals surface area contributed by atoms with Crippen molar-refractivity contribution in [3.8, 4) is 0 Å². The van der Waals surface area contributed by atoms with E-state index in [-0.39, 0.29) is 11.9 Å². The summed E-state index contributed by atoms with van der Waals surface area (Å²) in [6.45, 7) is 0.570. The van der Waals surface area contributed by atoms with Gasteiger partial charge in [-0.2, -0.15) is 0 Å². The van der Waals surface area contributed by atoms with E-state index in [2.05, 4.69) is 15.9 Å². The molecule has 1 aromatic rings. The zero-order chi connectivity index (χ0) is 12.8. The number of methoxy groups -OCH3 is 1. The molecule has 2 unspecified atom stereocenters. The Hall–Kier alpha value is -0.490. The zero-order valence-corrected chi connectivity index (χ0v) is 11.3. The average Bonchev–Trinajstić information content (AvgIpc) is 2.30. The molecule has 17 heavy (non-hydrogen) atoms. The molecule has 0 aliphatic carbocycles. The Morgan fingerprint density at radius 2 is 2.24 bits per heavy atom. The van der Waals surface area contributed by atoms with Crippen molar-refractivity contribution in [1.82, 2.24) is 0 Å². The molecule has 0 aromatic heterocycles. The summed E-state index contributed by atoms with van der Waals surface area (Å²) in [6.07, 6.45) is 0.441. The van der Waals surface area contributed by atoms with Crippen LogP contribution in [0.2, 0.25) is 0 Å². The molecule has 3 nitrogen and oxygen atoms in total. The second-order valence-corrected chi connectivity index (χ2v) is 4.82. The van der Waals surface area contributed by atoms with E-state index in [0.717, 1.165) is 0 Å². The summed E-state index contributed by atoms with van der Waals surface area (Å²) in [6, 6.07) is 4.33. The molecule has 0 radical (unpaired) electrons. The van der Waals surface area contributed by atoms with Crippen LogP contribution in [0.25, 0.3) is 0 Å². The molecular formula is C12H17BrFNO2. The lowest BCUT2D eigenvalue weighted by Crippen LogP contribution is -2.24. The van der Waals surface area contributed by atoms with Gasteiger partial charge in [-0.3, -0.25) is 0 Å². The maximum Gasteiger partial charge on any atom is 0.137 e. The van der Waals surface area contributed by atoms with Gasteiger partial charge in [-0.1, -0.05) is 6.07 Å². The highest BCUT2D eigenvalue weighted by Gasteiger charge is 2.14. The summed E-state index contributed by atoms with van der Waals surface area (Å²) in [5.41, 5.74) is 6.50. The standard InChI is InChI=1S/C12H17BrFNO2/c1-17-5-4-9(15)7-12(16)8-2-3-11(14)10(13)6-8/h2-3,6,9,12,16H,4-5,7,15H2,1H3. The van der Waals surface area contributed by atoms with Crippen molar-refractivity contribution >= 4 is 15.9 Å². The van der Waals surface area contributed by atoms with Crippen LogP contribution in [0.3, 0.4) is 0 Å². The van der Waals surface area contributed by atoms with Crippen LogP contribution in [0, 0.1) is 5.82 Å². The summed E-state index contributed by atoms with van der Waals surface area (Å²) in [7, 11) is 1.61. The fourth-order valence-corrected chi connectivity index (χ4v) is 1.93. The van der Waals surface area contributed by atoms with E-state index in [4.69, 9.17) is 10.5 Å². The normalized spacial score (nSPS) is 14.6. The molecule has 0 heterocycles. The van der Waals surface area contributed by atoms with Crippen molar-refractivity contribution in [3.63, 3.8) is 0 Å². The lowest BCUT2D eigenvalue weighted by Gasteiger charge is -2.16. The van der Waals surface area contributed by atoms with E-state index < -0.39 is 6.10 Å². The summed E-state index contributed by atoms with van der Waals surface area (Å²) >= 11 is 3.09. The lowest BCUT2D eigenvalue weighted by molar-refractivity contribution is 0.141. The topological polar surface area (TPSA) is 55.5 Å². The van der Waals surface area contributed by atoms with Gasteiger partial charge in [-0.05, 0) is 46.5 Å². The van der Waals surface area contributed by atoms with Crippen LogP contribution >= 0.6 is 15.9 Å². The minimum absolute atomic E-state index is 0.131. The Morgan fingerprint density at radius 1 is 1.53 bits per heavy atom. The number of nitrogens with two attached hydrogens (primary N) is 1. The van der Waals surface area contributed by atoms with Crippen LogP contribution in [-0.4, -0.2) is 24.9 Å². The van der Waals surface area contributed by atoms with E-state index in [1.54, 1.807) is 19.2 Å². The summed E-state index contributed by atoms with van der Waals surface area (Å²) < 4.78 is 18.3. The molecule has 1 rings (SSSR count). The Morgan fingerprint density at radius 3 is 2.82 bits per heavy atom. The molecule has 0 saturated heterocycles. The molecule has 0 spiro atoms. The molecule has 5 heteroatoms. The average molecular weight is 306 g/mol. The predicted octanol–water partition coefficient (Wildman–Crippen LogP) is 2.38. The number of hydrogen-bond donors (Lipinski definition) is 2. The van der Waals surface area contributed by atoms with Gasteiger partial charge in [-0.25, -0.2) is 4.39 Å². The summed E-state index contributed by atoms with van der Waals surface area (Å²) in [5.74, 6) is -0.343. The zero-order valence-electron chi connectivity index (χ0n) is 9.70. The molecule has 2 atom stereocenters. The van der Waals surface area contributed by atoms with Crippen LogP contribution < -0.4 is 5.73 Å². The Bertz CT molecular complexity index is 362. The van der Waals surface area contributed by atoms with Crippen LogP contribution in [0.1, 0.15) is 24.5 Å². The first kappa shape index (κ1) is 14.6. The van der Waals surface area contributed by atoms with Gasteiger partial charge in [0.05, 0.1) is 10.6 Å². The van der Waals surface area contributed by atoms with Crippen molar-refractivity contribution in [1.29, 1.82) is 0 Å². The second kappa shape index (κ2) is 7.06. The molecule has 0 fully saturated rings. The molecule has 0 bridgehead atoms. The first-order valence-corrected chi connectivity index (χ1v) is 6.21. The molecule has 3 N–H and O–H groups in total. The Labute approximate surface area is 109 Å². The van der Waals surface area contributed by atoms with E-state index in [1.165, 1.54) is 6.07 Å². The lowest BCUT2D eigenvalue weighted by atomic mass is 10.0. The molecule has 1 aromatic carbocycles. The maximum absolute atomic E-state index is 13.0. The van der Waals surface area contributed by atoms with E-state index in [0.29, 0.717) is 29.5 Å². The predicted molar refractivity (Wildman–Crippen MR) is 68.1 cm³/mol. The van der Waals surface area contributed by atoms with Crippen molar-refractivity contribution in [2.24, 2.45) is 5.73 Å². The van der Waals surface area contributed by atoms with Crippen LogP contribution in [-0.2, 0) is 4.74 Å². The van der Waals surface area contributed by atoms with E-state index >= 15 is 0 Å². The largest absolute Gasteiger partial charge is 0.388 e. The smallest absolute Gasteiger partial charge is 0.137 e.